The lowest BCUT2D eigenvalue weighted by Gasteiger charge is -2.19. The monoisotopic (exact) mass is 228 g/mol. The maximum Gasteiger partial charge on any atom is 0.318 e. The van der Waals surface area contributed by atoms with E-state index in [1.165, 1.54) is 0 Å². The lowest BCUT2D eigenvalue weighted by molar-refractivity contribution is -0.121. The molecule has 7 heteroatoms. The Kier molecular flexibility index (Phi) is 7.75. The van der Waals surface area contributed by atoms with Gasteiger partial charge in [0.05, 0.1) is 19.2 Å². The van der Waals surface area contributed by atoms with Crippen LogP contribution in [0.4, 0.5) is 4.79 Å². The van der Waals surface area contributed by atoms with Crippen LogP contribution in [-0.4, -0.2) is 50.2 Å². The van der Waals surface area contributed by atoms with Crippen molar-refractivity contribution in [3.8, 4) is 6.07 Å². The van der Waals surface area contributed by atoms with E-state index < -0.39 is 11.9 Å². The third-order valence-corrected chi connectivity index (χ3v) is 1.78. The quantitative estimate of drug-likeness (QED) is 0.583. The third-order valence-electron chi connectivity index (χ3n) is 1.78. The summed E-state index contributed by atoms with van der Waals surface area (Å²) < 4.78 is 4.87. The minimum Gasteiger partial charge on any atom is -0.383 e. The molecule has 0 saturated carbocycles. The highest BCUT2D eigenvalue weighted by Crippen LogP contribution is 1.91. The highest BCUT2D eigenvalue weighted by Gasteiger charge is 2.11. The van der Waals surface area contributed by atoms with Gasteiger partial charge in [-0.1, -0.05) is 0 Å². The minimum absolute atomic E-state index is 0.0218. The molecule has 0 aromatic rings. The smallest absolute Gasteiger partial charge is 0.318 e. The average Bonchev–Trinajstić information content (AvgIpc) is 2.20. The van der Waals surface area contributed by atoms with Gasteiger partial charge in [0.1, 0.15) is 0 Å². The molecule has 3 amide bonds. The van der Waals surface area contributed by atoms with E-state index in [0.29, 0.717) is 26.1 Å². The van der Waals surface area contributed by atoms with Gasteiger partial charge in [-0.15, -0.1) is 0 Å². The molecule has 3 N–H and O–H groups in total. The van der Waals surface area contributed by atoms with E-state index in [1.807, 2.05) is 11.4 Å². The largest absolute Gasteiger partial charge is 0.383 e. The minimum atomic E-state index is -0.878. The second-order valence-corrected chi connectivity index (χ2v) is 3.09. The number of ether oxygens (including phenoxy) is 1. The molecule has 0 aliphatic carbocycles. The average molecular weight is 228 g/mol. The second-order valence-electron chi connectivity index (χ2n) is 3.09. The summed E-state index contributed by atoms with van der Waals surface area (Å²) in [6, 6.07) is 1.11. The van der Waals surface area contributed by atoms with Crippen LogP contribution in [0, 0.1) is 11.3 Å². The molecule has 0 bridgehead atoms. The Morgan fingerprint density at radius 1 is 1.50 bits per heavy atom. The number of nitrogens with two attached hydrogens (primary N) is 1. The molecule has 0 saturated heterocycles. The van der Waals surface area contributed by atoms with Gasteiger partial charge in [-0.25, -0.2) is 4.79 Å². The molecule has 0 fully saturated rings. The highest BCUT2D eigenvalue weighted by molar-refractivity contribution is 5.94. The standard InChI is InChI=1S/C9H16N4O3/c1-16-6-5-13(4-2-3-10)7-8(14)12-9(11)15/h2,4-7H2,1H3,(H3,11,12,14,15). The fourth-order valence-corrected chi connectivity index (χ4v) is 1.08. The van der Waals surface area contributed by atoms with Crippen molar-refractivity contribution < 1.29 is 14.3 Å². The summed E-state index contributed by atoms with van der Waals surface area (Å²) in [5, 5.41) is 10.4. The van der Waals surface area contributed by atoms with E-state index in [0.717, 1.165) is 0 Å². The number of primary amides is 1. The Labute approximate surface area is 94.1 Å². The van der Waals surface area contributed by atoms with E-state index >= 15 is 0 Å². The fourth-order valence-electron chi connectivity index (χ4n) is 1.08. The van der Waals surface area contributed by atoms with E-state index in [4.69, 9.17) is 15.7 Å². The Morgan fingerprint density at radius 3 is 2.69 bits per heavy atom. The zero-order valence-electron chi connectivity index (χ0n) is 9.23. The number of hydrogen-bond acceptors (Lipinski definition) is 5. The molecular weight excluding hydrogens is 212 g/mol. The first-order chi connectivity index (χ1) is 7.60. The molecule has 7 nitrogen and oxygen atoms in total. The normalized spacial score (nSPS) is 9.81. The zero-order chi connectivity index (χ0) is 12.4. The van der Waals surface area contributed by atoms with Crippen LogP contribution in [0.2, 0.25) is 0 Å². The number of methoxy groups -OCH3 is 1. The lowest BCUT2D eigenvalue weighted by Crippen LogP contribution is -2.43. The van der Waals surface area contributed by atoms with Crippen LogP contribution < -0.4 is 11.1 Å². The molecule has 0 radical (unpaired) electrons. The Bertz CT molecular complexity index is 274. The van der Waals surface area contributed by atoms with Crippen LogP contribution >= 0.6 is 0 Å². The molecule has 0 aromatic heterocycles. The highest BCUT2D eigenvalue weighted by atomic mass is 16.5. The number of rotatable bonds is 7. The zero-order valence-corrected chi connectivity index (χ0v) is 9.23. The number of nitriles is 1. The second kappa shape index (κ2) is 8.64. The summed E-state index contributed by atoms with van der Waals surface area (Å²) in [6.45, 7) is 1.44. The molecule has 0 aromatic carbocycles. The van der Waals surface area contributed by atoms with E-state index in [2.05, 4.69) is 0 Å². The predicted molar refractivity (Wildman–Crippen MR) is 56.3 cm³/mol. The Hall–Kier alpha value is -1.65. The van der Waals surface area contributed by atoms with Crippen LogP contribution in [0.1, 0.15) is 6.42 Å². The molecule has 0 spiro atoms. The van der Waals surface area contributed by atoms with Crippen molar-refractivity contribution in [1.82, 2.24) is 10.2 Å². The molecule has 0 aliphatic heterocycles. The topological polar surface area (TPSA) is 108 Å². The SMILES string of the molecule is COCCN(CCC#N)CC(=O)NC(N)=O. The van der Waals surface area contributed by atoms with Crippen LogP contribution in [0.5, 0.6) is 0 Å². The van der Waals surface area contributed by atoms with E-state index in [-0.39, 0.29) is 6.54 Å². The molecule has 0 heterocycles. The molecule has 16 heavy (non-hydrogen) atoms. The van der Waals surface area contributed by atoms with Crippen LogP contribution in [0.15, 0.2) is 0 Å². The van der Waals surface area contributed by atoms with E-state index in [1.54, 1.807) is 12.0 Å². The lowest BCUT2D eigenvalue weighted by atomic mass is 10.3. The van der Waals surface area contributed by atoms with Gasteiger partial charge in [0.2, 0.25) is 5.91 Å². The van der Waals surface area contributed by atoms with Gasteiger partial charge in [0, 0.05) is 26.6 Å². The summed E-state index contributed by atoms with van der Waals surface area (Å²) in [5.74, 6) is -0.485. The van der Waals surface area contributed by atoms with Crippen LogP contribution in [0.25, 0.3) is 0 Å². The van der Waals surface area contributed by atoms with Crippen LogP contribution in [0.3, 0.4) is 0 Å². The Balaban J connectivity index is 4.03. The van der Waals surface area contributed by atoms with Crippen molar-refractivity contribution >= 4 is 11.9 Å². The first kappa shape index (κ1) is 14.3. The van der Waals surface area contributed by atoms with Crippen molar-refractivity contribution in [2.24, 2.45) is 5.73 Å². The van der Waals surface area contributed by atoms with Gasteiger partial charge in [-0.05, 0) is 0 Å². The number of nitrogens with one attached hydrogen (secondary N) is 1. The summed E-state index contributed by atoms with van der Waals surface area (Å²) in [5.41, 5.74) is 4.80. The predicted octanol–water partition coefficient (Wildman–Crippen LogP) is -0.957. The molecule has 0 unspecified atom stereocenters. The maximum absolute atomic E-state index is 11.2. The van der Waals surface area contributed by atoms with Crippen molar-refractivity contribution in [2.45, 2.75) is 6.42 Å². The van der Waals surface area contributed by atoms with E-state index in [9.17, 15) is 9.59 Å². The number of amides is 3. The first-order valence-electron chi connectivity index (χ1n) is 4.77. The van der Waals surface area contributed by atoms with Crippen LogP contribution in [-0.2, 0) is 9.53 Å². The van der Waals surface area contributed by atoms with Gasteiger partial charge in [-0.2, -0.15) is 5.26 Å². The van der Waals surface area contributed by atoms with Gasteiger partial charge < -0.3 is 10.5 Å². The van der Waals surface area contributed by atoms with Gasteiger partial charge in [0.25, 0.3) is 0 Å². The number of urea groups is 1. The van der Waals surface area contributed by atoms with Crippen molar-refractivity contribution in [2.75, 3.05) is 33.4 Å². The number of hydrogen-bond donors (Lipinski definition) is 2. The molecule has 0 aliphatic rings. The number of carbonyl (C=O) groups is 2. The molecule has 90 valence electrons. The first-order valence-corrected chi connectivity index (χ1v) is 4.77. The van der Waals surface area contributed by atoms with Gasteiger partial charge in [0.15, 0.2) is 0 Å². The third kappa shape index (κ3) is 7.73. The molecule has 0 atom stereocenters. The molecular formula is C9H16N4O3. The number of carbonyl (C=O) groups excluding carboxylic acids is 2. The van der Waals surface area contributed by atoms with Gasteiger partial charge in [-0.3, -0.25) is 15.0 Å². The van der Waals surface area contributed by atoms with Gasteiger partial charge >= 0.3 is 6.03 Å². The summed E-state index contributed by atoms with van der Waals surface area (Å²) in [4.78, 5) is 23.3. The number of nitrogens with zero attached hydrogens (tertiary/aromatic N) is 2. The number of imide groups is 1. The van der Waals surface area contributed by atoms with Crippen molar-refractivity contribution in [3.05, 3.63) is 0 Å². The summed E-state index contributed by atoms with van der Waals surface area (Å²) >= 11 is 0. The Morgan fingerprint density at radius 2 is 2.19 bits per heavy atom. The maximum atomic E-state index is 11.2. The summed E-state index contributed by atoms with van der Waals surface area (Å²) in [6.07, 6.45) is 0.313. The fraction of sp³-hybridized carbons (Fsp3) is 0.667. The van der Waals surface area contributed by atoms with Crippen molar-refractivity contribution in [3.63, 3.8) is 0 Å². The molecule has 0 rings (SSSR count). The summed E-state index contributed by atoms with van der Waals surface area (Å²) in [7, 11) is 1.55. The van der Waals surface area contributed by atoms with Crippen molar-refractivity contribution in [1.29, 1.82) is 5.26 Å².